The molecule has 15 nitrogen and oxygen atoms in total. The molecule has 2 saturated heterocycles. The number of piperazine rings is 1. The number of anilines is 2. The quantitative estimate of drug-likeness (QED) is 0.114. The molecule has 1 atom stereocenters. The zero-order chi connectivity index (χ0) is 41.6. The minimum absolute atomic E-state index is 0.0962. The first-order valence-corrected chi connectivity index (χ1v) is 21.0. The summed E-state index contributed by atoms with van der Waals surface area (Å²) >= 11 is 0. The number of aldehydes is 1. The van der Waals surface area contributed by atoms with Gasteiger partial charge in [-0.3, -0.25) is 19.3 Å². The van der Waals surface area contributed by atoms with Crippen LogP contribution in [0.15, 0.2) is 79.1 Å². The van der Waals surface area contributed by atoms with Crippen molar-refractivity contribution in [2.45, 2.75) is 56.9 Å². The molecular weight excluding hydrogens is 761 g/mol. The molecule has 1 unspecified atom stereocenters. The number of imidazole rings is 1. The number of benzene rings is 3. The van der Waals surface area contributed by atoms with Crippen molar-refractivity contribution in [3.63, 3.8) is 0 Å². The van der Waals surface area contributed by atoms with Crippen molar-refractivity contribution in [1.82, 2.24) is 40.0 Å². The van der Waals surface area contributed by atoms with Gasteiger partial charge in [0.1, 0.15) is 47.2 Å². The normalized spacial score (nSPS) is 17.8. The van der Waals surface area contributed by atoms with E-state index in [2.05, 4.69) is 30.5 Å². The van der Waals surface area contributed by atoms with Crippen molar-refractivity contribution >= 4 is 41.0 Å². The Morgan fingerprint density at radius 1 is 0.950 bits per heavy atom. The van der Waals surface area contributed by atoms with E-state index in [4.69, 9.17) is 15.5 Å². The largest absolute Gasteiger partial charge is 0.457 e. The van der Waals surface area contributed by atoms with Gasteiger partial charge in [0, 0.05) is 82.4 Å². The summed E-state index contributed by atoms with van der Waals surface area (Å²) in [4.78, 5) is 63.9. The van der Waals surface area contributed by atoms with Crippen LogP contribution in [-0.2, 0) is 9.59 Å². The monoisotopic (exact) mass is 812 g/mol. The molecule has 1 saturated carbocycles. The van der Waals surface area contributed by atoms with Crippen LogP contribution >= 0.6 is 0 Å². The predicted molar refractivity (Wildman–Crippen MR) is 228 cm³/mol. The summed E-state index contributed by atoms with van der Waals surface area (Å²) in [6.07, 6.45) is 8.47. The van der Waals surface area contributed by atoms with Crippen LogP contribution in [0, 0.1) is 5.92 Å². The third kappa shape index (κ3) is 8.59. The second-order valence-corrected chi connectivity index (χ2v) is 15.9. The highest BCUT2D eigenvalue weighted by Gasteiger charge is 2.43. The molecule has 0 spiro atoms. The first-order valence-electron chi connectivity index (χ1n) is 21.0. The van der Waals surface area contributed by atoms with Gasteiger partial charge in [-0.15, -0.1) is 0 Å². The number of amides is 3. The van der Waals surface area contributed by atoms with Crippen molar-refractivity contribution in [1.29, 1.82) is 0 Å². The summed E-state index contributed by atoms with van der Waals surface area (Å²) in [6, 6.07) is 22.0. The molecule has 3 fully saturated rings. The van der Waals surface area contributed by atoms with Crippen molar-refractivity contribution < 1.29 is 23.9 Å². The number of ether oxygens (including phenoxy) is 1. The van der Waals surface area contributed by atoms with E-state index < -0.39 is 23.8 Å². The minimum Gasteiger partial charge on any atom is -0.457 e. The second kappa shape index (κ2) is 18.4. The summed E-state index contributed by atoms with van der Waals surface area (Å²) in [5.74, 6) is 2.65. The van der Waals surface area contributed by atoms with Gasteiger partial charge in [0.15, 0.2) is 5.82 Å². The van der Waals surface area contributed by atoms with Crippen LogP contribution in [0.5, 0.6) is 11.5 Å². The summed E-state index contributed by atoms with van der Waals surface area (Å²) in [5, 5.41) is 10.3. The van der Waals surface area contributed by atoms with E-state index in [0.29, 0.717) is 35.1 Å². The molecule has 4 N–H and O–H groups in total. The number of carbonyl (C=O) groups is 4. The van der Waals surface area contributed by atoms with Crippen molar-refractivity contribution in [3.8, 4) is 22.8 Å². The fourth-order valence-corrected chi connectivity index (χ4v) is 8.76. The maximum Gasteiger partial charge on any atom is 0.262 e. The molecule has 3 amide bonds. The molecule has 3 aromatic carbocycles. The zero-order valence-corrected chi connectivity index (χ0v) is 34.0. The number of carbonyl (C=O) groups excluding carboxylic acids is 4. The molecule has 5 aromatic rings. The van der Waals surface area contributed by atoms with Gasteiger partial charge in [0.25, 0.3) is 11.8 Å². The van der Waals surface area contributed by atoms with Gasteiger partial charge in [0.2, 0.25) is 5.91 Å². The molecule has 3 aliphatic heterocycles. The van der Waals surface area contributed by atoms with E-state index in [9.17, 15) is 19.2 Å². The SMILES string of the molecule is CNC(=O)C(CCC=O)N1C(=O)c2ccc(N3CC(CN4CCNCC4)C3)cc2C1=O.Nc1ncnn2c(C3CCCCC3)nc(-c3ccc(Oc4ccccc4)cc3)c12. The van der Waals surface area contributed by atoms with Crippen LogP contribution in [0.3, 0.4) is 0 Å². The lowest BCUT2D eigenvalue weighted by Crippen LogP contribution is -2.54. The number of aromatic nitrogens is 4. The van der Waals surface area contributed by atoms with Crippen LogP contribution in [0.4, 0.5) is 11.5 Å². The lowest BCUT2D eigenvalue weighted by molar-refractivity contribution is -0.124. The Kier molecular flexibility index (Phi) is 12.4. The van der Waals surface area contributed by atoms with Gasteiger partial charge < -0.3 is 35.7 Å². The number of nitrogen functional groups attached to an aromatic ring is 1. The van der Waals surface area contributed by atoms with E-state index in [0.717, 1.165) is 103 Å². The number of nitrogens with two attached hydrogens (primary N) is 1. The number of nitrogens with zero attached hydrogens (tertiary/aromatic N) is 7. The topological polar surface area (TPSA) is 180 Å². The van der Waals surface area contributed by atoms with Gasteiger partial charge in [-0.05, 0) is 73.9 Å². The Bertz CT molecular complexity index is 2320. The van der Waals surface area contributed by atoms with Crippen LogP contribution in [0.25, 0.3) is 16.8 Å². The molecule has 2 aromatic heterocycles. The molecule has 60 heavy (non-hydrogen) atoms. The van der Waals surface area contributed by atoms with Crippen molar-refractivity contribution in [2.75, 3.05) is 63.5 Å². The van der Waals surface area contributed by atoms with Gasteiger partial charge in [0.05, 0.1) is 11.1 Å². The van der Waals surface area contributed by atoms with Crippen LogP contribution in [0.1, 0.15) is 77.4 Å². The van der Waals surface area contributed by atoms with Gasteiger partial charge >= 0.3 is 0 Å². The van der Waals surface area contributed by atoms with Crippen molar-refractivity contribution in [3.05, 3.63) is 96.1 Å². The van der Waals surface area contributed by atoms with Crippen LogP contribution in [-0.4, -0.2) is 112 Å². The zero-order valence-electron chi connectivity index (χ0n) is 34.0. The molecule has 9 rings (SSSR count). The molecule has 5 heterocycles. The Hall–Kier alpha value is -6.19. The number of fused-ring (bicyclic) bond motifs is 2. The average Bonchev–Trinajstić information content (AvgIpc) is 3.78. The third-order valence-corrected chi connectivity index (χ3v) is 11.9. The lowest BCUT2D eigenvalue weighted by atomic mass is 9.89. The standard InChI is InChI=1S/C23H23N5O.C22H29N5O4/c24-22-21-20(16-11-13-19(14-12-16)29-18-9-5-2-6-10-18)27-23(28(21)26-15-25-22)17-7-3-1-4-8-17;1-23-20(29)19(3-2-10-28)27-21(30)17-5-4-16(11-18(17)22(27)31)26-13-15(14-26)12-25-8-6-24-7-9-25/h2,5-6,9-15,17H,1,3-4,7-8H2,(H2,24,25,26);4-5,10-11,15,19,24H,2-3,6-9,12-14H2,1H3,(H,23,29). The number of hydrogen-bond donors (Lipinski definition) is 3. The van der Waals surface area contributed by atoms with Gasteiger partial charge in [-0.2, -0.15) is 5.10 Å². The molecule has 15 heteroatoms. The molecular formula is C45H52N10O5. The first kappa shape index (κ1) is 40.6. The number of imide groups is 1. The number of para-hydroxylation sites is 1. The minimum atomic E-state index is -0.988. The number of nitrogens with one attached hydrogen (secondary N) is 2. The lowest BCUT2D eigenvalue weighted by Gasteiger charge is -2.44. The Labute approximate surface area is 349 Å². The Morgan fingerprint density at radius 2 is 1.67 bits per heavy atom. The van der Waals surface area contributed by atoms with E-state index in [1.807, 2.05) is 65.2 Å². The fraction of sp³-hybridized carbons (Fsp3) is 0.400. The number of likely N-dealkylation sites (N-methyl/N-ethyl adjacent to an activating group) is 1. The summed E-state index contributed by atoms with van der Waals surface area (Å²) in [7, 11) is 1.45. The summed E-state index contributed by atoms with van der Waals surface area (Å²) < 4.78 is 7.80. The highest BCUT2D eigenvalue weighted by molar-refractivity contribution is 6.23. The third-order valence-electron chi connectivity index (χ3n) is 11.9. The van der Waals surface area contributed by atoms with Gasteiger partial charge in [-0.1, -0.05) is 37.5 Å². The highest BCUT2D eigenvalue weighted by Crippen LogP contribution is 2.37. The molecule has 1 aliphatic carbocycles. The van der Waals surface area contributed by atoms with E-state index >= 15 is 0 Å². The molecule has 4 aliphatic rings. The maximum absolute atomic E-state index is 13.0. The Balaban J connectivity index is 0.000000167. The average molecular weight is 813 g/mol. The van der Waals surface area contributed by atoms with E-state index in [1.54, 1.807) is 12.1 Å². The number of hydrogen-bond acceptors (Lipinski definition) is 12. The Morgan fingerprint density at radius 3 is 2.38 bits per heavy atom. The van der Waals surface area contributed by atoms with E-state index in [-0.39, 0.29) is 12.8 Å². The number of rotatable bonds is 12. The second-order valence-electron chi connectivity index (χ2n) is 15.9. The van der Waals surface area contributed by atoms with Gasteiger partial charge in [-0.25, -0.2) is 14.5 Å². The maximum atomic E-state index is 13.0. The highest BCUT2D eigenvalue weighted by atomic mass is 16.5. The first-order chi connectivity index (χ1) is 29.3. The van der Waals surface area contributed by atoms with E-state index in [1.165, 1.54) is 32.6 Å². The smallest absolute Gasteiger partial charge is 0.262 e. The summed E-state index contributed by atoms with van der Waals surface area (Å²) in [6.45, 7) is 7.18. The predicted octanol–water partition coefficient (Wildman–Crippen LogP) is 4.93. The van der Waals surface area contributed by atoms with Crippen LogP contribution in [0.2, 0.25) is 0 Å². The fourth-order valence-electron chi connectivity index (χ4n) is 8.76. The molecule has 0 bridgehead atoms. The molecule has 312 valence electrons. The van der Waals surface area contributed by atoms with Crippen molar-refractivity contribution in [2.24, 2.45) is 5.92 Å². The molecule has 0 radical (unpaired) electrons. The summed E-state index contributed by atoms with van der Waals surface area (Å²) in [5.41, 5.74) is 10.4. The van der Waals surface area contributed by atoms with Crippen LogP contribution < -0.4 is 26.0 Å².